The maximum atomic E-state index is 5.60. The zero-order chi connectivity index (χ0) is 9.42. The molecule has 0 bridgehead atoms. The van der Waals surface area contributed by atoms with Crippen LogP contribution in [0.3, 0.4) is 0 Å². The lowest BCUT2D eigenvalue weighted by atomic mass is 10.3. The van der Waals surface area contributed by atoms with Crippen molar-refractivity contribution in [1.82, 2.24) is 9.55 Å². The zero-order valence-corrected chi connectivity index (χ0v) is 7.49. The lowest BCUT2D eigenvalue weighted by Crippen LogP contribution is -1.90. The van der Waals surface area contributed by atoms with E-state index in [2.05, 4.69) is 11.6 Å². The van der Waals surface area contributed by atoms with E-state index < -0.39 is 0 Å². The van der Waals surface area contributed by atoms with E-state index in [9.17, 15) is 0 Å². The van der Waals surface area contributed by atoms with Crippen molar-refractivity contribution in [2.24, 2.45) is 0 Å². The van der Waals surface area contributed by atoms with Crippen molar-refractivity contribution in [2.75, 3.05) is 5.73 Å². The quantitative estimate of drug-likeness (QED) is 0.717. The molecular weight excluding hydrogens is 162 g/mol. The molecule has 3 nitrogen and oxygen atoms in total. The molecule has 0 fully saturated rings. The molecule has 0 aliphatic rings. The first-order valence-corrected chi connectivity index (χ1v) is 4.08. The number of anilines is 1. The van der Waals surface area contributed by atoms with Gasteiger partial charge in [0, 0.05) is 12.4 Å². The number of pyridine rings is 1. The van der Waals surface area contributed by atoms with Crippen molar-refractivity contribution in [2.45, 2.75) is 6.92 Å². The highest BCUT2D eigenvalue weighted by Crippen LogP contribution is 2.19. The van der Waals surface area contributed by atoms with E-state index in [-0.39, 0.29) is 0 Å². The van der Waals surface area contributed by atoms with E-state index >= 15 is 0 Å². The van der Waals surface area contributed by atoms with E-state index in [0.717, 1.165) is 16.6 Å². The van der Waals surface area contributed by atoms with E-state index in [0.29, 0.717) is 5.82 Å². The Morgan fingerprint density at radius 3 is 3.00 bits per heavy atom. The third-order valence-corrected chi connectivity index (χ3v) is 2.08. The first-order valence-electron chi connectivity index (χ1n) is 4.08. The molecule has 2 aromatic heterocycles. The second-order valence-corrected chi connectivity index (χ2v) is 3.01. The average molecular weight is 173 g/mol. The monoisotopic (exact) mass is 173 g/mol. The van der Waals surface area contributed by atoms with E-state index in [1.54, 1.807) is 12.3 Å². The molecule has 0 atom stereocenters. The average Bonchev–Trinajstić information content (AvgIpc) is 2.43. The van der Waals surface area contributed by atoms with Crippen LogP contribution in [0, 0.1) is 6.92 Å². The van der Waals surface area contributed by atoms with Gasteiger partial charge in [0.05, 0.1) is 11.0 Å². The molecule has 2 N–H and O–H groups in total. The summed E-state index contributed by atoms with van der Waals surface area (Å²) in [5, 5.41) is 0. The molecule has 3 heteroatoms. The fraction of sp³-hybridized carbons (Fsp3) is 0.100. The summed E-state index contributed by atoms with van der Waals surface area (Å²) in [7, 11) is 0. The van der Waals surface area contributed by atoms with Gasteiger partial charge >= 0.3 is 0 Å². The molecule has 0 aliphatic carbocycles. The van der Waals surface area contributed by atoms with Crippen molar-refractivity contribution >= 4 is 23.1 Å². The van der Waals surface area contributed by atoms with Crippen LogP contribution in [0.15, 0.2) is 24.9 Å². The van der Waals surface area contributed by atoms with Crippen molar-refractivity contribution in [3.8, 4) is 0 Å². The third kappa shape index (κ3) is 1.09. The summed E-state index contributed by atoms with van der Waals surface area (Å²) in [4.78, 5) is 4.25. The van der Waals surface area contributed by atoms with Gasteiger partial charge < -0.3 is 10.3 Å². The fourth-order valence-corrected chi connectivity index (χ4v) is 1.46. The molecule has 0 saturated heterocycles. The Labute approximate surface area is 76.5 Å². The van der Waals surface area contributed by atoms with Gasteiger partial charge in [-0.25, -0.2) is 4.98 Å². The minimum absolute atomic E-state index is 0.553. The number of nitrogen functional groups attached to an aromatic ring is 1. The highest BCUT2D eigenvalue weighted by molar-refractivity contribution is 5.82. The van der Waals surface area contributed by atoms with Gasteiger partial charge in [0.15, 0.2) is 0 Å². The fourth-order valence-electron chi connectivity index (χ4n) is 1.46. The minimum atomic E-state index is 0.553. The van der Waals surface area contributed by atoms with Crippen molar-refractivity contribution in [3.05, 3.63) is 30.5 Å². The maximum Gasteiger partial charge on any atom is 0.124 e. The number of aryl methyl sites for hydroxylation is 1. The van der Waals surface area contributed by atoms with Crippen molar-refractivity contribution in [3.63, 3.8) is 0 Å². The first-order chi connectivity index (χ1) is 6.22. The number of fused-ring (bicyclic) bond motifs is 1. The van der Waals surface area contributed by atoms with Gasteiger partial charge in [-0.15, -0.1) is 0 Å². The number of rotatable bonds is 1. The van der Waals surface area contributed by atoms with Crippen LogP contribution in [-0.2, 0) is 0 Å². The molecule has 0 spiro atoms. The zero-order valence-electron chi connectivity index (χ0n) is 7.49. The third-order valence-electron chi connectivity index (χ3n) is 2.08. The van der Waals surface area contributed by atoms with Crippen LogP contribution in [0.2, 0.25) is 0 Å². The van der Waals surface area contributed by atoms with Crippen LogP contribution in [-0.4, -0.2) is 9.55 Å². The Bertz CT molecular complexity index is 468. The Kier molecular flexibility index (Phi) is 1.59. The second kappa shape index (κ2) is 2.62. The van der Waals surface area contributed by atoms with Crippen molar-refractivity contribution < 1.29 is 0 Å². The SMILES string of the molecule is C=Cn1cc(C)c2nc(N)ccc21. The lowest BCUT2D eigenvalue weighted by Gasteiger charge is -1.96. The Morgan fingerprint density at radius 1 is 1.54 bits per heavy atom. The molecule has 0 radical (unpaired) electrons. The Hall–Kier alpha value is -1.77. The first kappa shape index (κ1) is 7.86. The Balaban J connectivity index is 2.88. The smallest absolute Gasteiger partial charge is 0.124 e. The minimum Gasteiger partial charge on any atom is -0.384 e. The van der Waals surface area contributed by atoms with Crippen LogP contribution >= 0.6 is 0 Å². The summed E-state index contributed by atoms with van der Waals surface area (Å²) < 4.78 is 1.94. The van der Waals surface area contributed by atoms with Crippen LogP contribution in [0.25, 0.3) is 17.2 Å². The van der Waals surface area contributed by atoms with E-state index in [4.69, 9.17) is 5.73 Å². The highest BCUT2D eigenvalue weighted by atomic mass is 15.0. The van der Waals surface area contributed by atoms with E-state index in [1.807, 2.05) is 23.8 Å². The lowest BCUT2D eigenvalue weighted by molar-refractivity contribution is 1.22. The predicted octanol–water partition coefficient (Wildman–Crippen LogP) is 2.03. The van der Waals surface area contributed by atoms with Crippen molar-refractivity contribution in [1.29, 1.82) is 0 Å². The van der Waals surface area contributed by atoms with Gasteiger partial charge in [-0.1, -0.05) is 6.58 Å². The second-order valence-electron chi connectivity index (χ2n) is 3.01. The molecule has 13 heavy (non-hydrogen) atoms. The Morgan fingerprint density at radius 2 is 2.31 bits per heavy atom. The molecule has 0 aliphatic heterocycles. The molecular formula is C10H11N3. The molecule has 0 saturated carbocycles. The number of hydrogen-bond donors (Lipinski definition) is 1. The maximum absolute atomic E-state index is 5.60. The van der Waals surface area contributed by atoms with E-state index in [1.165, 1.54) is 0 Å². The summed E-state index contributed by atoms with van der Waals surface area (Å²) in [6.45, 7) is 5.73. The number of aromatic nitrogens is 2. The standard InChI is InChI=1S/C10H11N3/c1-3-13-6-7(2)10-8(13)4-5-9(11)12-10/h3-6H,1H2,2H3,(H2,11,12). The summed E-state index contributed by atoms with van der Waals surface area (Å²) >= 11 is 0. The van der Waals surface area contributed by atoms with Crippen LogP contribution in [0.4, 0.5) is 5.82 Å². The molecule has 2 heterocycles. The number of nitrogens with two attached hydrogens (primary N) is 1. The molecule has 66 valence electrons. The summed E-state index contributed by atoms with van der Waals surface area (Å²) in [5.74, 6) is 0.553. The molecule has 0 unspecified atom stereocenters. The topological polar surface area (TPSA) is 43.8 Å². The predicted molar refractivity (Wildman–Crippen MR) is 55.3 cm³/mol. The largest absolute Gasteiger partial charge is 0.384 e. The van der Waals surface area contributed by atoms with Gasteiger partial charge in [0.25, 0.3) is 0 Å². The normalized spacial score (nSPS) is 10.5. The van der Waals surface area contributed by atoms with Gasteiger partial charge in [0.1, 0.15) is 5.82 Å². The van der Waals surface area contributed by atoms with Gasteiger partial charge in [-0.05, 0) is 24.6 Å². The molecule has 2 aromatic rings. The number of hydrogen-bond acceptors (Lipinski definition) is 2. The molecule has 0 amide bonds. The summed E-state index contributed by atoms with van der Waals surface area (Å²) in [5.41, 5.74) is 8.70. The molecule has 2 rings (SSSR count). The van der Waals surface area contributed by atoms with Crippen LogP contribution < -0.4 is 5.73 Å². The molecule has 0 aromatic carbocycles. The van der Waals surface area contributed by atoms with Crippen LogP contribution in [0.1, 0.15) is 5.56 Å². The van der Waals surface area contributed by atoms with Gasteiger partial charge in [0.2, 0.25) is 0 Å². The number of nitrogens with zero attached hydrogens (tertiary/aromatic N) is 2. The summed E-state index contributed by atoms with van der Waals surface area (Å²) in [6, 6.07) is 3.74. The highest BCUT2D eigenvalue weighted by Gasteiger charge is 2.04. The van der Waals surface area contributed by atoms with Crippen LogP contribution in [0.5, 0.6) is 0 Å². The van der Waals surface area contributed by atoms with Gasteiger partial charge in [-0.2, -0.15) is 0 Å². The van der Waals surface area contributed by atoms with Gasteiger partial charge in [-0.3, -0.25) is 0 Å². The summed E-state index contributed by atoms with van der Waals surface area (Å²) in [6.07, 6.45) is 3.75.